The van der Waals surface area contributed by atoms with E-state index >= 15 is 0 Å². The van der Waals surface area contributed by atoms with Gasteiger partial charge < -0.3 is 15.4 Å². The van der Waals surface area contributed by atoms with E-state index in [0.29, 0.717) is 11.4 Å². The molecule has 1 saturated carbocycles. The molecule has 0 aliphatic heterocycles. The average molecular weight is 266 g/mol. The molecular weight excluding hydrogens is 247 g/mol. The molecule has 104 valence electrons. The van der Waals surface area contributed by atoms with Gasteiger partial charge in [0.2, 0.25) is 5.91 Å². The monoisotopic (exact) mass is 266 g/mol. The van der Waals surface area contributed by atoms with Crippen molar-refractivity contribution >= 4 is 11.6 Å². The van der Waals surface area contributed by atoms with E-state index in [1.165, 1.54) is 18.2 Å². The molecule has 2 N–H and O–H groups in total. The molecule has 0 aromatic heterocycles. The van der Waals surface area contributed by atoms with E-state index in [0.717, 1.165) is 19.3 Å². The average Bonchev–Trinajstić information content (AvgIpc) is 2.81. The number of amides is 1. The van der Waals surface area contributed by atoms with Crippen molar-refractivity contribution in [3.05, 3.63) is 24.0 Å². The second-order valence-corrected chi connectivity index (χ2v) is 5.02. The van der Waals surface area contributed by atoms with Crippen LogP contribution in [-0.2, 0) is 4.79 Å². The zero-order valence-electron chi connectivity index (χ0n) is 11.2. The van der Waals surface area contributed by atoms with Gasteiger partial charge in [-0.15, -0.1) is 0 Å². The maximum absolute atomic E-state index is 13.1. The van der Waals surface area contributed by atoms with Crippen molar-refractivity contribution in [1.82, 2.24) is 4.90 Å². The molecule has 2 unspecified atom stereocenters. The number of carbonyl (C=O) groups excluding carboxylic acids is 1. The van der Waals surface area contributed by atoms with E-state index in [9.17, 15) is 9.18 Å². The second-order valence-electron chi connectivity index (χ2n) is 5.02. The van der Waals surface area contributed by atoms with E-state index in [-0.39, 0.29) is 23.9 Å². The van der Waals surface area contributed by atoms with Crippen molar-refractivity contribution in [2.45, 2.75) is 38.3 Å². The summed E-state index contributed by atoms with van der Waals surface area (Å²) < 4.78 is 18.9. The molecule has 0 heterocycles. The van der Waals surface area contributed by atoms with Gasteiger partial charge in [0.1, 0.15) is 17.7 Å². The van der Waals surface area contributed by atoms with Crippen molar-refractivity contribution in [3.8, 4) is 5.75 Å². The Hall–Kier alpha value is -1.78. The lowest BCUT2D eigenvalue weighted by Crippen LogP contribution is -2.34. The Morgan fingerprint density at radius 2 is 2.21 bits per heavy atom. The van der Waals surface area contributed by atoms with Gasteiger partial charge in [-0.2, -0.15) is 0 Å². The van der Waals surface area contributed by atoms with Crippen molar-refractivity contribution in [2.24, 2.45) is 0 Å². The number of benzene rings is 1. The molecule has 0 radical (unpaired) electrons. The highest BCUT2D eigenvalue weighted by atomic mass is 19.1. The Kier molecular flexibility index (Phi) is 3.93. The first kappa shape index (κ1) is 13.6. The summed E-state index contributed by atoms with van der Waals surface area (Å²) in [5, 5.41) is 0. The molecule has 2 atom stereocenters. The summed E-state index contributed by atoms with van der Waals surface area (Å²) in [5.41, 5.74) is 6.19. The quantitative estimate of drug-likeness (QED) is 0.853. The van der Waals surface area contributed by atoms with Crippen LogP contribution in [0.25, 0.3) is 0 Å². The van der Waals surface area contributed by atoms with Gasteiger partial charge in [-0.1, -0.05) is 0 Å². The zero-order chi connectivity index (χ0) is 14.0. The number of rotatable bonds is 3. The van der Waals surface area contributed by atoms with Crippen LogP contribution in [0.1, 0.15) is 26.2 Å². The minimum absolute atomic E-state index is 0.0177. The number of hydrogen-bond acceptors (Lipinski definition) is 3. The molecule has 1 aromatic carbocycles. The fraction of sp³-hybridized carbons (Fsp3) is 0.500. The van der Waals surface area contributed by atoms with Crippen LogP contribution in [0.15, 0.2) is 18.2 Å². The Balaban J connectivity index is 1.98. The van der Waals surface area contributed by atoms with Gasteiger partial charge in [0.05, 0.1) is 5.69 Å². The largest absolute Gasteiger partial charge is 0.488 e. The van der Waals surface area contributed by atoms with Gasteiger partial charge in [0.25, 0.3) is 0 Å². The molecule has 4 nitrogen and oxygen atoms in total. The van der Waals surface area contributed by atoms with Gasteiger partial charge in [-0.25, -0.2) is 4.39 Å². The number of nitrogen functional groups attached to an aromatic ring is 1. The zero-order valence-corrected chi connectivity index (χ0v) is 11.2. The van der Waals surface area contributed by atoms with Gasteiger partial charge in [0, 0.05) is 32.5 Å². The van der Waals surface area contributed by atoms with Crippen molar-refractivity contribution in [1.29, 1.82) is 0 Å². The minimum Gasteiger partial charge on any atom is -0.488 e. The van der Waals surface area contributed by atoms with Crippen molar-refractivity contribution in [3.63, 3.8) is 0 Å². The Morgan fingerprint density at radius 3 is 2.89 bits per heavy atom. The van der Waals surface area contributed by atoms with E-state index in [4.69, 9.17) is 10.5 Å². The summed E-state index contributed by atoms with van der Waals surface area (Å²) >= 11 is 0. The highest BCUT2D eigenvalue weighted by Crippen LogP contribution is 2.30. The normalized spacial score (nSPS) is 22.3. The first-order chi connectivity index (χ1) is 8.97. The maximum Gasteiger partial charge on any atom is 0.219 e. The second kappa shape index (κ2) is 5.47. The van der Waals surface area contributed by atoms with Gasteiger partial charge in [0.15, 0.2) is 0 Å². The van der Waals surface area contributed by atoms with E-state index < -0.39 is 0 Å². The first-order valence-electron chi connectivity index (χ1n) is 6.42. The smallest absolute Gasteiger partial charge is 0.219 e. The van der Waals surface area contributed by atoms with Crippen LogP contribution in [0.5, 0.6) is 5.75 Å². The summed E-state index contributed by atoms with van der Waals surface area (Å²) in [6, 6.07) is 4.30. The van der Waals surface area contributed by atoms with Crippen LogP contribution in [0.4, 0.5) is 10.1 Å². The molecule has 1 aliphatic carbocycles. The Bertz CT molecular complexity index is 479. The van der Waals surface area contributed by atoms with E-state index in [1.807, 2.05) is 0 Å². The summed E-state index contributed by atoms with van der Waals surface area (Å²) in [5.74, 6) is 0.0756. The summed E-state index contributed by atoms with van der Waals surface area (Å²) in [7, 11) is 1.80. The molecule has 1 amide bonds. The van der Waals surface area contributed by atoms with E-state index in [1.54, 1.807) is 18.9 Å². The lowest BCUT2D eigenvalue weighted by Gasteiger charge is -2.23. The standard InChI is InChI=1S/C14H19FN2O2/c1-9(18)17(2)11-4-5-12(8-11)19-14-7-10(15)3-6-13(14)16/h3,6-7,11-12H,4-5,8,16H2,1-2H3. The molecule has 1 aliphatic rings. The third-order valence-corrected chi connectivity index (χ3v) is 3.67. The van der Waals surface area contributed by atoms with Crippen LogP contribution in [0.2, 0.25) is 0 Å². The highest BCUT2D eigenvalue weighted by molar-refractivity contribution is 5.73. The number of nitrogens with two attached hydrogens (primary N) is 1. The molecule has 19 heavy (non-hydrogen) atoms. The molecule has 1 aromatic rings. The number of anilines is 1. The van der Waals surface area contributed by atoms with Gasteiger partial charge in [-0.3, -0.25) is 4.79 Å². The van der Waals surface area contributed by atoms with Gasteiger partial charge in [-0.05, 0) is 25.0 Å². The number of nitrogens with zero attached hydrogens (tertiary/aromatic N) is 1. The summed E-state index contributed by atoms with van der Waals surface area (Å²) in [6.45, 7) is 1.55. The lowest BCUT2D eigenvalue weighted by atomic mass is 10.2. The third-order valence-electron chi connectivity index (χ3n) is 3.67. The first-order valence-corrected chi connectivity index (χ1v) is 6.42. The van der Waals surface area contributed by atoms with Crippen LogP contribution in [0, 0.1) is 5.82 Å². The topological polar surface area (TPSA) is 55.6 Å². The number of carbonyl (C=O) groups is 1. The fourth-order valence-corrected chi connectivity index (χ4v) is 2.42. The Labute approximate surface area is 112 Å². The van der Waals surface area contributed by atoms with Gasteiger partial charge >= 0.3 is 0 Å². The third kappa shape index (κ3) is 3.16. The lowest BCUT2D eigenvalue weighted by molar-refractivity contribution is -0.129. The molecule has 0 saturated heterocycles. The minimum atomic E-state index is -0.361. The van der Waals surface area contributed by atoms with E-state index in [2.05, 4.69) is 0 Å². The maximum atomic E-state index is 13.1. The predicted molar refractivity (Wildman–Crippen MR) is 71.3 cm³/mol. The molecule has 0 bridgehead atoms. The summed E-state index contributed by atoms with van der Waals surface area (Å²) in [4.78, 5) is 13.0. The number of halogens is 1. The highest BCUT2D eigenvalue weighted by Gasteiger charge is 2.30. The van der Waals surface area contributed by atoms with Crippen molar-refractivity contribution < 1.29 is 13.9 Å². The van der Waals surface area contributed by atoms with Crippen LogP contribution in [-0.4, -0.2) is 30.0 Å². The molecule has 5 heteroatoms. The van der Waals surface area contributed by atoms with Crippen LogP contribution < -0.4 is 10.5 Å². The predicted octanol–water partition coefficient (Wildman–Crippen LogP) is 2.19. The van der Waals surface area contributed by atoms with Crippen LogP contribution in [0.3, 0.4) is 0 Å². The number of ether oxygens (including phenoxy) is 1. The SMILES string of the molecule is CC(=O)N(C)C1CCC(Oc2cc(F)ccc2N)C1. The fourth-order valence-electron chi connectivity index (χ4n) is 2.42. The Morgan fingerprint density at radius 1 is 1.47 bits per heavy atom. The van der Waals surface area contributed by atoms with Crippen LogP contribution >= 0.6 is 0 Å². The molecule has 0 spiro atoms. The molecule has 2 rings (SSSR count). The number of hydrogen-bond donors (Lipinski definition) is 1. The van der Waals surface area contributed by atoms with Crippen molar-refractivity contribution in [2.75, 3.05) is 12.8 Å². The summed E-state index contributed by atoms with van der Waals surface area (Å²) in [6.07, 6.45) is 2.48. The molecule has 1 fully saturated rings. The molecular formula is C14H19FN2O2.